The van der Waals surface area contributed by atoms with Gasteiger partial charge in [-0.25, -0.2) is 0 Å². The molecule has 12 heteroatoms. The number of piperidine rings is 1. The van der Waals surface area contributed by atoms with Gasteiger partial charge in [-0.2, -0.15) is 0 Å². The molecule has 4 heterocycles. The van der Waals surface area contributed by atoms with E-state index in [0.29, 0.717) is 38.3 Å². The van der Waals surface area contributed by atoms with E-state index >= 15 is 0 Å². The van der Waals surface area contributed by atoms with E-state index in [4.69, 9.17) is 5.73 Å². The van der Waals surface area contributed by atoms with Gasteiger partial charge in [0.2, 0.25) is 23.6 Å². The Labute approximate surface area is 236 Å². The third-order valence-corrected chi connectivity index (χ3v) is 8.43. The van der Waals surface area contributed by atoms with Crippen LogP contribution in [-0.2, 0) is 14.4 Å². The Morgan fingerprint density at radius 3 is 2.15 bits per heavy atom. The van der Waals surface area contributed by atoms with Crippen molar-refractivity contribution in [3.8, 4) is 0 Å². The van der Waals surface area contributed by atoms with Crippen molar-refractivity contribution in [2.24, 2.45) is 11.7 Å². The monoisotopic (exact) mass is 558 g/mol. The Morgan fingerprint density at radius 2 is 1.46 bits per heavy atom. The van der Waals surface area contributed by atoms with Crippen LogP contribution in [0.1, 0.15) is 50.3 Å². The number of benzene rings is 2. The number of nitrogens with two attached hydrogens (primary N) is 1. The average molecular weight is 559 g/mol. The van der Waals surface area contributed by atoms with Gasteiger partial charge < -0.3 is 20.4 Å². The van der Waals surface area contributed by atoms with E-state index in [-0.39, 0.29) is 35.8 Å². The van der Waals surface area contributed by atoms with Crippen LogP contribution in [0.5, 0.6) is 0 Å². The number of amides is 6. The first-order valence-electron chi connectivity index (χ1n) is 13.8. The molecule has 2 atom stereocenters. The quantitative estimate of drug-likeness (QED) is 0.499. The molecule has 0 aliphatic carbocycles. The van der Waals surface area contributed by atoms with E-state index in [1.807, 2.05) is 17.0 Å². The van der Waals surface area contributed by atoms with Gasteiger partial charge in [-0.15, -0.1) is 0 Å². The zero-order valence-corrected chi connectivity index (χ0v) is 22.4. The fourth-order valence-electron chi connectivity index (χ4n) is 6.13. The topological polar surface area (TPSA) is 153 Å². The van der Waals surface area contributed by atoms with E-state index in [0.717, 1.165) is 29.2 Å². The number of anilines is 2. The fraction of sp³-hybridized carbons (Fsp3) is 0.379. The Kier molecular flexibility index (Phi) is 6.68. The summed E-state index contributed by atoms with van der Waals surface area (Å²) in [5, 5.41) is 2.20. The van der Waals surface area contributed by atoms with Gasteiger partial charge in [0.15, 0.2) is 0 Å². The highest BCUT2D eigenvalue weighted by atomic mass is 16.2. The molecule has 4 aliphatic rings. The molecule has 12 nitrogen and oxygen atoms in total. The van der Waals surface area contributed by atoms with Crippen LogP contribution < -0.4 is 20.9 Å². The number of hydrogen-bond donors (Lipinski definition) is 2. The van der Waals surface area contributed by atoms with Crippen LogP contribution >= 0.6 is 0 Å². The number of carbonyl (C=O) groups excluding carboxylic acids is 6. The molecule has 3 N–H and O–H groups in total. The van der Waals surface area contributed by atoms with Crippen molar-refractivity contribution in [1.82, 2.24) is 15.1 Å². The standard InChI is InChI=1S/C29H30N6O6/c30-25(37)17-1-3-19(4-2-17)34-10-9-18(16-34)27(39)33-13-11-32(12-14-33)20-5-6-21-22(15-20)29(41)35(28(21)40)23-7-8-24(36)31-26(23)38/h1-6,15,18,23H,7-14,16H2,(H2,30,37)(H,31,36,38)/t18-,23?/m1/s1. The van der Waals surface area contributed by atoms with Gasteiger partial charge in [-0.05, 0) is 55.3 Å². The average Bonchev–Trinajstić information content (AvgIpc) is 3.56. The molecular formula is C29H30N6O6. The molecule has 1 unspecified atom stereocenters. The maximum Gasteiger partial charge on any atom is 0.262 e. The third-order valence-electron chi connectivity index (χ3n) is 8.43. The number of carbonyl (C=O) groups is 6. The normalized spacial score (nSPS) is 22.7. The van der Waals surface area contributed by atoms with E-state index in [1.165, 1.54) is 0 Å². The number of hydrogen-bond acceptors (Lipinski definition) is 8. The van der Waals surface area contributed by atoms with Gasteiger partial charge in [0, 0.05) is 62.6 Å². The van der Waals surface area contributed by atoms with Gasteiger partial charge in [-0.1, -0.05) is 0 Å². The maximum atomic E-state index is 13.3. The summed E-state index contributed by atoms with van der Waals surface area (Å²) in [6.07, 6.45) is 0.932. The lowest BCUT2D eigenvalue weighted by Gasteiger charge is -2.37. The number of nitrogens with zero attached hydrogens (tertiary/aromatic N) is 4. The Morgan fingerprint density at radius 1 is 0.780 bits per heavy atom. The summed E-state index contributed by atoms with van der Waals surface area (Å²) in [7, 11) is 0. The van der Waals surface area contributed by atoms with Gasteiger partial charge in [0.05, 0.1) is 17.0 Å². The molecule has 3 saturated heterocycles. The minimum Gasteiger partial charge on any atom is -0.371 e. The lowest BCUT2D eigenvalue weighted by molar-refractivity contribution is -0.136. The van der Waals surface area contributed by atoms with Crippen molar-refractivity contribution in [3.05, 3.63) is 59.2 Å². The number of nitrogens with one attached hydrogen (secondary N) is 1. The van der Waals surface area contributed by atoms with E-state index in [1.54, 1.807) is 30.3 Å². The van der Waals surface area contributed by atoms with Crippen molar-refractivity contribution >= 4 is 46.8 Å². The SMILES string of the molecule is NC(=O)c1ccc(N2CC[C@@H](C(=O)N3CCN(c4ccc5c(c4)C(=O)N(C4CCC(=O)NC4=O)C5=O)CC3)C2)cc1. The third kappa shape index (κ3) is 4.79. The largest absolute Gasteiger partial charge is 0.371 e. The predicted molar refractivity (Wildman–Crippen MR) is 147 cm³/mol. The van der Waals surface area contributed by atoms with Crippen LogP contribution in [0.3, 0.4) is 0 Å². The molecular weight excluding hydrogens is 528 g/mol. The summed E-state index contributed by atoms with van der Waals surface area (Å²) in [6.45, 7) is 3.59. The number of piperazine rings is 1. The van der Waals surface area contributed by atoms with Gasteiger partial charge >= 0.3 is 0 Å². The molecule has 3 fully saturated rings. The van der Waals surface area contributed by atoms with E-state index in [9.17, 15) is 28.8 Å². The Balaban J connectivity index is 1.06. The lowest BCUT2D eigenvalue weighted by atomic mass is 10.0. The highest BCUT2D eigenvalue weighted by Gasteiger charge is 2.45. The minimum absolute atomic E-state index is 0.0704. The molecule has 6 amide bonds. The van der Waals surface area contributed by atoms with Crippen LogP contribution in [0.25, 0.3) is 0 Å². The number of imide groups is 2. The molecule has 0 aromatic heterocycles. The lowest BCUT2D eigenvalue weighted by Crippen LogP contribution is -2.54. The first kappa shape index (κ1) is 26.5. The Hall–Kier alpha value is -4.74. The van der Waals surface area contributed by atoms with Gasteiger partial charge in [0.1, 0.15) is 6.04 Å². The van der Waals surface area contributed by atoms with Crippen LogP contribution in [0.2, 0.25) is 0 Å². The molecule has 212 valence electrons. The van der Waals surface area contributed by atoms with Crippen molar-refractivity contribution in [3.63, 3.8) is 0 Å². The van der Waals surface area contributed by atoms with Crippen molar-refractivity contribution in [2.75, 3.05) is 49.1 Å². The summed E-state index contributed by atoms with van der Waals surface area (Å²) < 4.78 is 0. The summed E-state index contributed by atoms with van der Waals surface area (Å²) in [4.78, 5) is 81.7. The first-order valence-corrected chi connectivity index (χ1v) is 13.8. The second-order valence-corrected chi connectivity index (χ2v) is 10.8. The predicted octanol–water partition coefficient (Wildman–Crippen LogP) is 0.362. The molecule has 41 heavy (non-hydrogen) atoms. The summed E-state index contributed by atoms with van der Waals surface area (Å²) >= 11 is 0. The van der Waals surface area contributed by atoms with Crippen LogP contribution in [0, 0.1) is 5.92 Å². The molecule has 6 rings (SSSR count). The Bertz CT molecular complexity index is 1460. The molecule has 0 radical (unpaired) electrons. The molecule has 0 saturated carbocycles. The second kappa shape index (κ2) is 10.3. The number of fused-ring (bicyclic) bond motifs is 1. The van der Waals surface area contributed by atoms with Crippen molar-refractivity contribution in [1.29, 1.82) is 0 Å². The highest BCUT2D eigenvalue weighted by molar-refractivity contribution is 6.23. The minimum atomic E-state index is -1.00. The van der Waals surface area contributed by atoms with E-state index < -0.39 is 35.6 Å². The van der Waals surface area contributed by atoms with Gasteiger partial charge in [0.25, 0.3) is 11.8 Å². The van der Waals surface area contributed by atoms with Crippen molar-refractivity contribution < 1.29 is 28.8 Å². The number of rotatable bonds is 5. The smallest absolute Gasteiger partial charge is 0.262 e. The first-order chi connectivity index (χ1) is 19.7. The molecule has 0 bridgehead atoms. The summed E-state index contributed by atoms with van der Waals surface area (Å²) in [6, 6.07) is 11.2. The molecule has 0 spiro atoms. The van der Waals surface area contributed by atoms with Crippen LogP contribution in [-0.4, -0.2) is 90.6 Å². The van der Waals surface area contributed by atoms with E-state index in [2.05, 4.69) is 15.1 Å². The molecule has 2 aromatic carbocycles. The summed E-state index contributed by atoms with van der Waals surface area (Å²) in [5.74, 6) is -2.58. The zero-order valence-electron chi connectivity index (χ0n) is 22.4. The number of primary amides is 1. The molecule has 2 aromatic rings. The van der Waals surface area contributed by atoms with Crippen LogP contribution in [0.4, 0.5) is 11.4 Å². The van der Waals surface area contributed by atoms with Crippen molar-refractivity contribution in [2.45, 2.75) is 25.3 Å². The summed E-state index contributed by atoms with van der Waals surface area (Å²) in [5.41, 5.74) is 7.99. The second-order valence-electron chi connectivity index (χ2n) is 10.8. The maximum absolute atomic E-state index is 13.3. The molecule has 4 aliphatic heterocycles. The van der Waals surface area contributed by atoms with Gasteiger partial charge in [-0.3, -0.25) is 39.0 Å². The zero-order chi connectivity index (χ0) is 28.8. The highest BCUT2D eigenvalue weighted by Crippen LogP contribution is 2.31. The fourth-order valence-corrected chi connectivity index (χ4v) is 6.13. The van der Waals surface area contributed by atoms with Crippen LogP contribution in [0.15, 0.2) is 42.5 Å².